The molecule has 2 rings (SSSR count). The van der Waals surface area contributed by atoms with Crippen LogP contribution in [0.4, 0.5) is 4.39 Å². The maximum absolute atomic E-state index is 15.1. The van der Waals surface area contributed by atoms with E-state index in [1.165, 1.54) is 12.1 Å². The van der Waals surface area contributed by atoms with E-state index in [0.29, 0.717) is 16.8 Å². The van der Waals surface area contributed by atoms with Gasteiger partial charge in [-0.25, -0.2) is 9.18 Å². The fourth-order valence-corrected chi connectivity index (χ4v) is 6.01. The molecule has 28 heavy (non-hydrogen) atoms. The van der Waals surface area contributed by atoms with Gasteiger partial charge in [-0.3, -0.25) is 0 Å². The molecule has 4 nitrogen and oxygen atoms in total. The minimum absolute atomic E-state index is 0.0319. The number of carbonyl (C=O) groups is 1. The molecule has 0 saturated carbocycles. The zero-order valence-corrected chi connectivity index (χ0v) is 20.8. The molecular formula is C21H34FNO3Si2. The predicted molar refractivity (Wildman–Crippen MR) is 119 cm³/mol. The number of benzene rings is 1. The average molecular weight is 424 g/mol. The van der Waals surface area contributed by atoms with Crippen LogP contribution >= 0.6 is 0 Å². The lowest BCUT2D eigenvalue weighted by Crippen LogP contribution is -2.49. The van der Waals surface area contributed by atoms with Crippen LogP contribution in [-0.2, 0) is 0 Å². The van der Waals surface area contributed by atoms with E-state index >= 15 is 4.39 Å². The molecule has 0 fully saturated rings. The van der Waals surface area contributed by atoms with Crippen LogP contribution in [0.3, 0.4) is 0 Å². The molecule has 0 aliphatic heterocycles. The number of carboxylic acids is 1. The molecule has 2 aromatic rings. The van der Waals surface area contributed by atoms with Crippen LogP contribution < -0.4 is 4.43 Å². The van der Waals surface area contributed by atoms with Gasteiger partial charge in [0.2, 0.25) is 0 Å². The van der Waals surface area contributed by atoms with Crippen molar-refractivity contribution in [3.05, 3.63) is 29.6 Å². The van der Waals surface area contributed by atoms with Gasteiger partial charge in [-0.05, 0) is 35.3 Å². The molecule has 1 heterocycles. The van der Waals surface area contributed by atoms with Crippen LogP contribution in [0.25, 0.3) is 10.9 Å². The predicted octanol–water partition coefficient (Wildman–Crippen LogP) is 6.72. The number of hydrogen-bond donors (Lipinski definition) is 1. The van der Waals surface area contributed by atoms with Crippen molar-refractivity contribution in [2.45, 2.75) is 77.8 Å². The number of rotatable bonds is 4. The maximum atomic E-state index is 15.1. The highest BCUT2D eigenvalue weighted by atomic mass is 28.4. The topological polar surface area (TPSA) is 51.5 Å². The third kappa shape index (κ3) is 3.66. The Morgan fingerprint density at radius 2 is 1.57 bits per heavy atom. The van der Waals surface area contributed by atoms with Crippen molar-refractivity contribution in [3.63, 3.8) is 0 Å². The standard InChI is InChI=1S/C21H34FNO3Si2/c1-20(2,3)27(7,8)23-17(26-28(9,10)21(4,5)6)13-15-14(19(24)25)11-12-16(22)18(15)23/h11-13H,1-10H3,(H,24,25). The van der Waals surface area contributed by atoms with Crippen molar-refractivity contribution in [1.29, 1.82) is 0 Å². The molecular weight excluding hydrogens is 389 g/mol. The van der Waals surface area contributed by atoms with Crippen LogP contribution in [0.2, 0.25) is 36.3 Å². The number of carboxylic acid groups (broad SMARTS) is 1. The second-order valence-electron chi connectivity index (χ2n) is 10.7. The van der Waals surface area contributed by atoms with E-state index in [1.807, 2.05) is 4.23 Å². The zero-order valence-electron chi connectivity index (χ0n) is 18.8. The Kier molecular flexibility index (Phi) is 5.45. The Bertz CT molecular complexity index is 918. The highest BCUT2D eigenvalue weighted by Gasteiger charge is 2.44. The van der Waals surface area contributed by atoms with E-state index in [0.717, 1.165) is 0 Å². The maximum Gasteiger partial charge on any atom is 0.336 e. The molecule has 0 spiro atoms. The quantitative estimate of drug-likeness (QED) is 0.556. The second kappa shape index (κ2) is 6.73. The van der Waals surface area contributed by atoms with Crippen molar-refractivity contribution >= 4 is 33.4 Å². The molecule has 156 valence electrons. The summed E-state index contributed by atoms with van der Waals surface area (Å²) >= 11 is 0. The van der Waals surface area contributed by atoms with Gasteiger partial charge in [-0.1, -0.05) is 54.6 Å². The summed E-state index contributed by atoms with van der Waals surface area (Å²) in [6.07, 6.45) is 0. The summed E-state index contributed by atoms with van der Waals surface area (Å²) in [6, 6.07) is 4.33. The van der Waals surface area contributed by atoms with E-state index in [9.17, 15) is 9.90 Å². The van der Waals surface area contributed by atoms with Gasteiger partial charge in [0.1, 0.15) is 5.82 Å². The SMILES string of the molecule is CC(C)(C)[Si](C)(C)Oc1cc2c(C(=O)O)ccc(F)c2n1[Si](C)(C)C(C)(C)C. The lowest BCUT2D eigenvalue weighted by molar-refractivity contribution is 0.0699. The number of fused-ring (bicyclic) bond motifs is 1. The molecule has 0 saturated heterocycles. The van der Waals surface area contributed by atoms with Crippen LogP contribution in [0.15, 0.2) is 18.2 Å². The third-order valence-electron chi connectivity index (χ3n) is 6.67. The molecule has 0 bridgehead atoms. The van der Waals surface area contributed by atoms with Crippen molar-refractivity contribution in [3.8, 4) is 5.88 Å². The first-order chi connectivity index (χ1) is 12.4. The van der Waals surface area contributed by atoms with Gasteiger partial charge in [0.25, 0.3) is 8.32 Å². The minimum atomic E-state index is -2.30. The lowest BCUT2D eigenvalue weighted by Gasteiger charge is -2.42. The molecule has 0 aliphatic carbocycles. The summed E-state index contributed by atoms with van der Waals surface area (Å²) in [5.41, 5.74) is 0.453. The molecule has 1 N–H and O–H groups in total. The lowest BCUT2D eigenvalue weighted by atomic mass is 10.1. The van der Waals surface area contributed by atoms with Crippen molar-refractivity contribution < 1.29 is 18.7 Å². The molecule has 0 unspecified atom stereocenters. The van der Waals surface area contributed by atoms with Crippen LogP contribution in [0.1, 0.15) is 51.9 Å². The Labute approximate surface area is 169 Å². The van der Waals surface area contributed by atoms with Gasteiger partial charge in [-0.15, -0.1) is 0 Å². The monoisotopic (exact) mass is 423 g/mol. The van der Waals surface area contributed by atoms with Crippen LogP contribution in [-0.4, -0.2) is 31.9 Å². The molecule has 1 aromatic heterocycles. The Morgan fingerprint density at radius 1 is 1.04 bits per heavy atom. The first-order valence-electron chi connectivity index (χ1n) is 9.68. The van der Waals surface area contributed by atoms with Crippen molar-refractivity contribution in [2.75, 3.05) is 0 Å². The van der Waals surface area contributed by atoms with Gasteiger partial charge in [-0.2, -0.15) is 0 Å². The third-order valence-corrected chi connectivity index (χ3v) is 16.2. The number of aromatic carboxylic acids is 1. The first-order valence-corrected chi connectivity index (χ1v) is 15.5. The van der Waals surface area contributed by atoms with Crippen LogP contribution in [0.5, 0.6) is 5.88 Å². The molecule has 7 heteroatoms. The highest BCUT2D eigenvalue weighted by Crippen LogP contribution is 2.45. The Balaban J connectivity index is 2.94. The van der Waals surface area contributed by atoms with E-state index in [2.05, 4.69) is 67.7 Å². The van der Waals surface area contributed by atoms with Gasteiger partial charge < -0.3 is 13.8 Å². The van der Waals surface area contributed by atoms with E-state index in [4.69, 9.17) is 4.43 Å². The molecule has 1 aromatic carbocycles. The minimum Gasteiger partial charge on any atom is -0.532 e. The van der Waals surface area contributed by atoms with E-state index in [-0.39, 0.29) is 15.6 Å². The first kappa shape index (κ1) is 22.7. The van der Waals surface area contributed by atoms with Crippen molar-refractivity contribution in [2.24, 2.45) is 0 Å². The smallest absolute Gasteiger partial charge is 0.336 e. The average Bonchev–Trinajstić information content (AvgIpc) is 2.84. The second-order valence-corrected chi connectivity index (χ2v) is 20.4. The van der Waals surface area contributed by atoms with Gasteiger partial charge in [0, 0.05) is 11.5 Å². The normalized spacial score (nSPS) is 13.8. The largest absolute Gasteiger partial charge is 0.532 e. The van der Waals surface area contributed by atoms with Crippen LogP contribution in [0, 0.1) is 5.82 Å². The zero-order chi connectivity index (χ0) is 21.9. The number of hydrogen-bond acceptors (Lipinski definition) is 2. The molecule has 0 atom stereocenters. The summed E-state index contributed by atoms with van der Waals surface area (Å²) < 4.78 is 23.7. The molecule has 0 amide bonds. The highest BCUT2D eigenvalue weighted by molar-refractivity contribution is 6.80. The Morgan fingerprint density at radius 3 is 2.00 bits per heavy atom. The van der Waals surface area contributed by atoms with Crippen molar-refractivity contribution in [1.82, 2.24) is 4.23 Å². The molecule has 0 aliphatic rings. The van der Waals surface area contributed by atoms with Gasteiger partial charge in [0.05, 0.1) is 11.1 Å². The van der Waals surface area contributed by atoms with E-state index in [1.54, 1.807) is 6.07 Å². The number of aromatic nitrogens is 1. The van der Waals surface area contributed by atoms with Gasteiger partial charge >= 0.3 is 5.97 Å². The summed E-state index contributed by atoms with van der Waals surface area (Å²) in [5.74, 6) is -0.869. The Hall–Kier alpha value is -1.61. The summed E-state index contributed by atoms with van der Waals surface area (Å²) in [4.78, 5) is 11.8. The summed E-state index contributed by atoms with van der Waals surface area (Å²) in [5, 5.41) is 9.94. The fraction of sp³-hybridized carbons (Fsp3) is 0.571. The molecule has 0 radical (unpaired) electrons. The number of halogens is 1. The van der Waals surface area contributed by atoms with Gasteiger partial charge in [0.15, 0.2) is 14.1 Å². The van der Waals surface area contributed by atoms with E-state index < -0.39 is 28.3 Å². The summed E-state index contributed by atoms with van der Waals surface area (Å²) in [6.45, 7) is 21.6. The number of nitrogens with zero attached hydrogens (tertiary/aromatic N) is 1. The fourth-order valence-electron chi connectivity index (χ4n) is 2.82. The summed E-state index contributed by atoms with van der Waals surface area (Å²) in [7, 11) is -4.51.